The summed E-state index contributed by atoms with van der Waals surface area (Å²) in [6.07, 6.45) is 8.62. The highest BCUT2D eigenvalue weighted by atomic mass is 19.1. The number of carbonyl (C=O) groups is 1. The van der Waals surface area contributed by atoms with E-state index in [1.807, 2.05) is 11.8 Å². The monoisotopic (exact) mass is 410 g/mol. The Morgan fingerprint density at radius 2 is 1.77 bits per heavy atom. The molecule has 30 heavy (non-hydrogen) atoms. The van der Waals surface area contributed by atoms with Crippen molar-refractivity contribution in [2.45, 2.75) is 90.4 Å². The fraction of sp³-hybridized carbons (Fsp3) is 0.577. The molecule has 0 radical (unpaired) electrons. The van der Waals surface area contributed by atoms with E-state index in [9.17, 15) is 9.18 Å². The van der Waals surface area contributed by atoms with Crippen LogP contribution in [0.4, 0.5) is 4.39 Å². The molecule has 0 bridgehead atoms. The number of amides is 1. The average Bonchev–Trinajstić information content (AvgIpc) is 3.06. The second-order valence-corrected chi connectivity index (χ2v) is 9.45. The van der Waals surface area contributed by atoms with Crippen molar-refractivity contribution in [1.29, 1.82) is 0 Å². The topological polar surface area (TPSA) is 23.6 Å². The Morgan fingerprint density at radius 3 is 2.43 bits per heavy atom. The Kier molecular flexibility index (Phi) is 6.43. The molecule has 1 amide bonds. The van der Waals surface area contributed by atoms with Crippen LogP contribution in [0.3, 0.4) is 0 Å². The molecule has 1 aliphatic carbocycles. The molecular formula is C26H35FN2O. The zero-order valence-corrected chi connectivity index (χ0v) is 18.7. The number of allylic oxidation sites excluding steroid dienone is 2. The van der Waals surface area contributed by atoms with Crippen LogP contribution in [-0.4, -0.2) is 34.3 Å². The van der Waals surface area contributed by atoms with Crippen molar-refractivity contribution in [2.75, 3.05) is 6.54 Å². The van der Waals surface area contributed by atoms with Gasteiger partial charge < -0.3 is 4.90 Å². The van der Waals surface area contributed by atoms with E-state index in [4.69, 9.17) is 0 Å². The van der Waals surface area contributed by atoms with Gasteiger partial charge in [-0.3, -0.25) is 9.69 Å². The molecule has 4 heteroatoms. The molecule has 3 nitrogen and oxygen atoms in total. The summed E-state index contributed by atoms with van der Waals surface area (Å²) < 4.78 is 14.5. The maximum absolute atomic E-state index is 14.5. The number of rotatable bonds is 4. The molecule has 4 rings (SSSR count). The zero-order chi connectivity index (χ0) is 21.3. The van der Waals surface area contributed by atoms with Crippen LogP contribution in [0, 0.1) is 0 Å². The minimum Gasteiger partial charge on any atom is -0.332 e. The van der Waals surface area contributed by atoms with E-state index in [1.165, 1.54) is 24.0 Å². The Balaban J connectivity index is 1.52. The summed E-state index contributed by atoms with van der Waals surface area (Å²) >= 11 is 0. The predicted octanol–water partition coefficient (Wildman–Crippen LogP) is 6.08. The molecule has 2 saturated heterocycles. The van der Waals surface area contributed by atoms with E-state index >= 15 is 0 Å². The third-order valence-corrected chi connectivity index (χ3v) is 7.35. The predicted molar refractivity (Wildman–Crippen MR) is 120 cm³/mol. The first-order valence-electron chi connectivity index (χ1n) is 11.7. The first-order chi connectivity index (χ1) is 14.5. The molecule has 3 aliphatic rings. The largest absolute Gasteiger partial charge is 0.332 e. The fourth-order valence-corrected chi connectivity index (χ4v) is 5.41. The van der Waals surface area contributed by atoms with Crippen molar-refractivity contribution < 1.29 is 9.18 Å². The number of piperidine rings is 1. The first-order valence-corrected chi connectivity index (χ1v) is 11.7. The molecule has 0 spiro atoms. The SMILES string of the molecule is CC1=C(C(=O)N2CCCCC2c2ccc(CN3C(C)CCC3C)cc2)C(F)=CCC1. The first kappa shape index (κ1) is 21.3. The van der Waals surface area contributed by atoms with Crippen LogP contribution in [0.2, 0.25) is 0 Å². The van der Waals surface area contributed by atoms with Gasteiger partial charge in [0, 0.05) is 25.2 Å². The average molecular weight is 411 g/mol. The highest BCUT2D eigenvalue weighted by molar-refractivity contribution is 5.98. The molecule has 2 fully saturated rings. The number of hydrogen-bond acceptors (Lipinski definition) is 2. The lowest BCUT2D eigenvalue weighted by atomic mass is 9.91. The lowest BCUT2D eigenvalue weighted by Crippen LogP contribution is -2.40. The molecule has 1 aromatic rings. The van der Waals surface area contributed by atoms with E-state index in [0.717, 1.165) is 37.8 Å². The van der Waals surface area contributed by atoms with E-state index in [-0.39, 0.29) is 17.8 Å². The summed E-state index contributed by atoms with van der Waals surface area (Å²) in [5.74, 6) is -0.466. The summed E-state index contributed by atoms with van der Waals surface area (Å²) in [5, 5.41) is 0. The molecule has 2 aliphatic heterocycles. The summed E-state index contributed by atoms with van der Waals surface area (Å²) in [7, 11) is 0. The Hall–Kier alpha value is -1.94. The van der Waals surface area contributed by atoms with Gasteiger partial charge in [-0.25, -0.2) is 4.39 Å². The highest BCUT2D eigenvalue weighted by Gasteiger charge is 2.33. The number of halogens is 1. The van der Waals surface area contributed by atoms with Gasteiger partial charge in [-0.15, -0.1) is 0 Å². The number of carbonyl (C=O) groups excluding carboxylic acids is 1. The number of nitrogens with zero attached hydrogens (tertiary/aromatic N) is 2. The van der Waals surface area contributed by atoms with Crippen LogP contribution < -0.4 is 0 Å². The maximum atomic E-state index is 14.5. The van der Waals surface area contributed by atoms with Crippen LogP contribution >= 0.6 is 0 Å². The van der Waals surface area contributed by atoms with Crippen molar-refractivity contribution in [2.24, 2.45) is 0 Å². The van der Waals surface area contributed by atoms with Crippen molar-refractivity contribution in [3.05, 3.63) is 58.4 Å². The lowest BCUT2D eigenvalue weighted by Gasteiger charge is -2.37. The summed E-state index contributed by atoms with van der Waals surface area (Å²) in [6.45, 7) is 8.22. The van der Waals surface area contributed by atoms with Gasteiger partial charge in [0.15, 0.2) is 0 Å². The second-order valence-electron chi connectivity index (χ2n) is 9.45. The number of hydrogen-bond donors (Lipinski definition) is 0. The Bertz CT molecular complexity index is 831. The Labute approximate surface area is 180 Å². The summed E-state index contributed by atoms with van der Waals surface area (Å²) in [5.41, 5.74) is 3.69. The fourth-order valence-electron chi connectivity index (χ4n) is 5.41. The van der Waals surface area contributed by atoms with E-state index in [1.54, 1.807) is 6.08 Å². The van der Waals surface area contributed by atoms with Crippen LogP contribution in [0.15, 0.2) is 47.3 Å². The van der Waals surface area contributed by atoms with E-state index < -0.39 is 0 Å². The van der Waals surface area contributed by atoms with Crippen LogP contribution in [0.1, 0.15) is 82.9 Å². The van der Waals surface area contributed by atoms with Crippen molar-refractivity contribution in [3.63, 3.8) is 0 Å². The van der Waals surface area contributed by atoms with Gasteiger partial charge in [-0.05, 0) is 82.9 Å². The van der Waals surface area contributed by atoms with Crippen LogP contribution in [0.25, 0.3) is 0 Å². The lowest BCUT2D eigenvalue weighted by molar-refractivity contribution is -0.130. The Morgan fingerprint density at radius 1 is 1.07 bits per heavy atom. The minimum absolute atomic E-state index is 0.0416. The van der Waals surface area contributed by atoms with Crippen molar-refractivity contribution in [3.8, 4) is 0 Å². The molecule has 0 N–H and O–H groups in total. The minimum atomic E-state index is -0.336. The third-order valence-electron chi connectivity index (χ3n) is 7.35. The van der Waals surface area contributed by atoms with E-state index in [0.29, 0.717) is 30.6 Å². The molecule has 3 atom stereocenters. The highest BCUT2D eigenvalue weighted by Crippen LogP contribution is 2.36. The number of likely N-dealkylation sites (tertiary alicyclic amines) is 2. The van der Waals surface area contributed by atoms with Crippen LogP contribution in [0.5, 0.6) is 0 Å². The molecule has 1 aromatic carbocycles. The smallest absolute Gasteiger partial charge is 0.257 e. The van der Waals surface area contributed by atoms with Gasteiger partial charge in [0.1, 0.15) is 5.83 Å². The van der Waals surface area contributed by atoms with Gasteiger partial charge in [0.05, 0.1) is 11.6 Å². The normalized spacial score (nSPS) is 28.1. The molecular weight excluding hydrogens is 375 g/mol. The third kappa shape index (κ3) is 4.25. The quantitative estimate of drug-likeness (QED) is 0.601. The van der Waals surface area contributed by atoms with Crippen LogP contribution in [-0.2, 0) is 11.3 Å². The molecule has 0 saturated carbocycles. The molecule has 3 unspecified atom stereocenters. The standard InChI is InChI=1S/C26H35FN2O/c1-18-7-6-8-23(27)25(18)26(30)28-16-5-4-9-24(28)22-14-12-21(13-15-22)17-29-19(2)10-11-20(29)3/h8,12-15,19-20,24H,4-7,9-11,16-17H2,1-3H3. The van der Waals surface area contributed by atoms with Gasteiger partial charge in [0.25, 0.3) is 5.91 Å². The number of benzene rings is 1. The van der Waals surface area contributed by atoms with Gasteiger partial charge in [-0.1, -0.05) is 29.8 Å². The van der Waals surface area contributed by atoms with Gasteiger partial charge in [0.2, 0.25) is 0 Å². The molecule has 0 aromatic heterocycles. The van der Waals surface area contributed by atoms with Gasteiger partial charge in [-0.2, -0.15) is 0 Å². The van der Waals surface area contributed by atoms with E-state index in [2.05, 4.69) is 43.0 Å². The molecule has 162 valence electrons. The summed E-state index contributed by atoms with van der Waals surface area (Å²) in [4.78, 5) is 17.8. The van der Waals surface area contributed by atoms with Gasteiger partial charge >= 0.3 is 0 Å². The summed E-state index contributed by atoms with van der Waals surface area (Å²) in [6, 6.07) is 10.1. The second kappa shape index (κ2) is 9.05. The molecule has 2 heterocycles. The van der Waals surface area contributed by atoms with Crippen molar-refractivity contribution >= 4 is 5.91 Å². The zero-order valence-electron chi connectivity index (χ0n) is 18.7. The van der Waals surface area contributed by atoms with Crippen molar-refractivity contribution in [1.82, 2.24) is 9.80 Å². The maximum Gasteiger partial charge on any atom is 0.257 e.